The van der Waals surface area contributed by atoms with E-state index >= 15 is 0 Å². The van der Waals surface area contributed by atoms with Crippen molar-refractivity contribution in [1.82, 2.24) is 10.7 Å². The number of hydrogen-bond donors (Lipinski definition) is 2. The van der Waals surface area contributed by atoms with Crippen LogP contribution in [0, 0.1) is 0 Å². The lowest BCUT2D eigenvalue weighted by atomic mass is 10.2. The Bertz CT molecular complexity index is 291. The molecule has 0 aromatic carbocycles. The summed E-state index contributed by atoms with van der Waals surface area (Å²) in [5, 5.41) is 11.5. The van der Waals surface area contributed by atoms with Crippen LogP contribution in [-0.2, 0) is 0 Å². The first-order valence-corrected chi connectivity index (χ1v) is 5.95. The van der Waals surface area contributed by atoms with E-state index in [1.54, 1.807) is 13.3 Å². The minimum Gasteiger partial charge on any atom is -0.366 e. The third kappa shape index (κ3) is 7.49. The second-order valence-electron chi connectivity index (χ2n) is 4.43. The Kier molecular flexibility index (Phi) is 7.18. The lowest BCUT2D eigenvalue weighted by Gasteiger charge is -2.26. The highest BCUT2D eigenvalue weighted by molar-refractivity contribution is 5.63. The summed E-state index contributed by atoms with van der Waals surface area (Å²) in [5.41, 5.74) is 3.77. The third-order valence-electron chi connectivity index (χ3n) is 2.22. The molecule has 0 heterocycles. The minimum absolute atomic E-state index is 0.0473. The summed E-state index contributed by atoms with van der Waals surface area (Å²) < 4.78 is 0. The molecule has 0 aliphatic heterocycles. The van der Waals surface area contributed by atoms with Crippen LogP contribution in [0.4, 0.5) is 0 Å². The van der Waals surface area contributed by atoms with E-state index in [1.165, 1.54) is 0 Å². The number of rotatable bonds is 7. The van der Waals surface area contributed by atoms with Gasteiger partial charge in [0.25, 0.3) is 0 Å². The van der Waals surface area contributed by atoms with Gasteiger partial charge in [0.1, 0.15) is 11.7 Å². The monoisotopic (exact) mass is 239 g/mol. The fourth-order valence-corrected chi connectivity index (χ4v) is 1.21. The maximum atomic E-state index is 4.16. The molecule has 0 saturated heterocycles. The van der Waals surface area contributed by atoms with Crippen LogP contribution in [0.5, 0.6) is 0 Å². The van der Waals surface area contributed by atoms with Crippen molar-refractivity contribution in [3.05, 3.63) is 11.8 Å². The molecule has 0 aromatic heterocycles. The van der Waals surface area contributed by atoms with Gasteiger partial charge in [-0.2, -0.15) is 5.11 Å². The lowest BCUT2D eigenvalue weighted by Crippen LogP contribution is -2.48. The van der Waals surface area contributed by atoms with Crippen LogP contribution in [0.15, 0.2) is 27.1 Å². The first kappa shape index (κ1) is 15.6. The van der Waals surface area contributed by atoms with Gasteiger partial charge in [0, 0.05) is 19.0 Å². The number of nitrogens with one attached hydrogen (secondary N) is 2. The van der Waals surface area contributed by atoms with Crippen molar-refractivity contribution >= 4 is 6.21 Å². The number of aliphatic imine (C=N–C) groups is 1. The van der Waals surface area contributed by atoms with E-state index in [0.717, 1.165) is 12.1 Å². The van der Waals surface area contributed by atoms with E-state index < -0.39 is 0 Å². The van der Waals surface area contributed by atoms with E-state index in [9.17, 15) is 0 Å². The predicted molar refractivity (Wildman–Crippen MR) is 73.1 cm³/mol. The second kappa shape index (κ2) is 7.81. The lowest BCUT2D eigenvalue weighted by molar-refractivity contribution is 0.333. The summed E-state index contributed by atoms with van der Waals surface area (Å²) in [7, 11) is 1.74. The number of nitrogens with zero attached hydrogens (tertiary/aromatic N) is 3. The Morgan fingerprint density at radius 2 is 2.06 bits per heavy atom. The van der Waals surface area contributed by atoms with Crippen molar-refractivity contribution in [3.63, 3.8) is 0 Å². The zero-order valence-corrected chi connectivity index (χ0v) is 11.8. The molecule has 0 aliphatic carbocycles. The first-order chi connectivity index (χ1) is 7.95. The average molecular weight is 239 g/mol. The average Bonchev–Trinajstić information content (AvgIpc) is 2.26. The molecule has 5 heteroatoms. The molecule has 2 N–H and O–H groups in total. The maximum Gasteiger partial charge on any atom is 0.119 e. The van der Waals surface area contributed by atoms with Gasteiger partial charge in [-0.3, -0.25) is 10.4 Å². The Labute approximate surface area is 104 Å². The highest BCUT2D eigenvalue weighted by Gasteiger charge is 2.15. The Hall–Kier alpha value is -1.39. The zero-order chi connectivity index (χ0) is 13.3. The van der Waals surface area contributed by atoms with Gasteiger partial charge in [-0.05, 0) is 34.1 Å². The summed E-state index contributed by atoms with van der Waals surface area (Å²) in [4.78, 5) is 3.95. The van der Waals surface area contributed by atoms with Gasteiger partial charge in [0.15, 0.2) is 0 Å². The topological polar surface area (TPSA) is 61.1 Å². The van der Waals surface area contributed by atoms with Crippen molar-refractivity contribution in [2.45, 2.75) is 52.7 Å². The molecule has 98 valence electrons. The molecule has 0 radical (unpaired) electrons. The molecular weight excluding hydrogens is 214 g/mol. The van der Waals surface area contributed by atoms with Crippen LogP contribution in [0.2, 0.25) is 0 Å². The van der Waals surface area contributed by atoms with Crippen LogP contribution in [-0.4, -0.2) is 25.0 Å². The van der Waals surface area contributed by atoms with Gasteiger partial charge in [-0.15, -0.1) is 0 Å². The number of hydrogen-bond acceptors (Lipinski definition) is 4. The molecule has 0 amide bonds. The molecule has 0 rings (SSSR count). The highest BCUT2D eigenvalue weighted by atomic mass is 15.5. The first-order valence-electron chi connectivity index (χ1n) is 5.95. The molecular formula is C12H25N5. The molecule has 5 nitrogen and oxygen atoms in total. The molecule has 0 bridgehead atoms. The minimum atomic E-state index is -0.318. The van der Waals surface area contributed by atoms with Crippen molar-refractivity contribution in [2.24, 2.45) is 15.3 Å². The molecule has 1 atom stereocenters. The van der Waals surface area contributed by atoms with E-state index in [-0.39, 0.29) is 11.7 Å². The molecule has 1 unspecified atom stereocenters. The van der Waals surface area contributed by atoms with E-state index in [2.05, 4.69) is 33.0 Å². The Morgan fingerprint density at radius 1 is 1.41 bits per heavy atom. The summed E-state index contributed by atoms with van der Waals surface area (Å²) in [6.07, 6.45) is 4.70. The van der Waals surface area contributed by atoms with Crippen LogP contribution in [0.3, 0.4) is 0 Å². The van der Waals surface area contributed by atoms with Crippen LogP contribution < -0.4 is 10.7 Å². The van der Waals surface area contributed by atoms with Crippen molar-refractivity contribution in [3.8, 4) is 0 Å². The SMILES string of the molecule is C/C=C(/C)NC(C)(C)N/N=N\C(/C=N\C)CC. The smallest absolute Gasteiger partial charge is 0.119 e. The number of allylic oxidation sites excluding steroid dienone is 2. The Balaban J connectivity index is 4.29. The Morgan fingerprint density at radius 3 is 2.53 bits per heavy atom. The second-order valence-corrected chi connectivity index (χ2v) is 4.43. The summed E-state index contributed by atoms with van der Waals surface area (Å²) >= 11 is 0. The summed E-state index contributed by atoms with van der Waals surface area (Å²) in [5.74, 6) is 0. The van der Waals surface area contributed by atoms with Gasteiger partial charge in [-0.1, -0.05) is 18.2 Å². The van der Waals surface area contributed by atoms with Crippen LogP contribution >= 0.6 is 0 Å². The van der Waals surface area contributed by atoms with E-state index in [0.29, 0.717) is 0 Å². The normalized spacial score (nSPS) is 15.5. The predicted octanol–water partition coefficient (Wildman–Crippen LogP) is 2.67. The molecule has 0 fully saturated rings. The quantitative estimate of drug-likeness (QED) is 0.310. The van der Waals surface area contributed by atoms with E-state index in [4.69, 9.17) is 0 Å². The fraction of sp³-hybridized carbons (Fsp3) is 0.750. The highest BCUT2D eigenvalue weighted by Crippen LogP contribution is 2.02. The largest absolute Gasteiger partial charge is 0.366 e. The summed E-state index contributed by atoms with van der Waals surface area (Å²) in [6, 6.07) is 0.0473. The van der Waals surface area contributed by atoms with Crippen molar-refractivity contribution < 1.29 is 0 Å². The standard InChI is InChI=1S/C12H25N5/c1-7-10(3)14-12(4,5)16-17-15-11(8-2)9-13-6/h7,9,11,14H,8H2,1-6H3,(H,15,16)/b10-7-,13-9-. The summed E-state index contributed by atoms with van der Waals surface area (Å²) in [6.45, 7) is 10.1. The van der Waals surface area contributed by atoms with Crippen LogP contribution in [0.25, 0.3) is 0 Å². The maximum absolute atomic E-state index is 4.16. The van der Waals surface area contributed by atoms with Gasteiger partial charge in [-0.25, -0.2) is 0 Å². The molecule has 0 spiro atoms. The van der Waals surface area contributed by atoms with Crippen molar-refractivity contribution in [1.29, 1.82) is 0 Å². The van der Waals surface area contributed by atoms with Gasteiger partial charge in [0.2, 0.25) is 0 Å². The van der Waals surface area contributed by atoms with E-state index in [1.807, 2.05) is 33.8 Å². The van der Waals surface area contributed by atoms with Crippen molar-refractivity contribution in [2.75, 3.05) is 7.05 Å². The third-order valence-corrected chi connectivity index (χ3v) is 2.22. The zero-order valence-electron chi connectivity index (χ0n) is 11.8. The van der Waals surface area contributed by atoms with Gasteiger partial charge >= 0.3 is 0 Å². The molecule has 17 heavy (non-hydrogen) atoms. The molecule has 0 saturated carbocycles. The van der Waals surface area contributed by atoms with Crippen LogP contribution in [0.1, 0.15) is 41.0 Å². The van der Waals surface area contributed by atoms with Gasteiger partial charge in [0.05, 0.1) is 0 Å². The fourth-order valence-electron chi connectivity index (χ4n) is 1.21. The molecule has 0 aliphatic rings. The molecule has 0 aromatic rings. The van der Waals surface area contributed by atoms with Gasteiger partial charge < -0.3 is 5.32 Å².